The highest BCUT2D eigenvalue weighted by Gasteiger charge is 2.05. The first-order valence-electron chi connectivity index (χ1n) is 5.20. The van der Waals surface area contributed by atoms with Crippen molar-refractivity contribution in [1.82, 2.24) is 10.2 Å². The van der Waals surface area contributed by atoms with Gasteiger partial charge < -0.3 is 0 Å². The summed E-state index contributed by atoms with van der Waals surface area (Å²) in [7, 11) is 0. The first kappa shape index (κ1) is 10.5. The van der Waals surface area contributed by atoms with Crippen molar-refractivity contribution in [3.63, 3.8) is 0 Å². The fourth-order valence-corrected chi connectivity index (χ4v) is 1.50. The SMILES string of the molecule is O=C(CCc1ccccc1)c1ccnnc1. The molecule has 0 aliphatic rings. The van der Waals surface area contributed by atoms with E-state index < -0.39 is 0 Å². The van der Waals surface area contributed by atoms with Crippen molar-refractivity contribution in [2.45, 2.75) is 12.8 Å². The molecule has 0 aliphatic carbocycles. The van der Waals surface area contributed by atoms with E-state index in [1.54, 1.807) is 6.07 Å². The number of carbonyl (C=O) groups is 1. The predicted molar refractivity (Wildman–Crippen MR) is 61.1 cm³/mol. The topological polar surface area (TPSA) is 42.9 Å². The number of carbonyl (C=O) groups excluding carboxylic acids is 1. The molecule has 2 aromatic rings. The van der Waals surface area contributed by atoms with Gasteiger partial charge in [-0.25, -0.2) is 0 Å². The standard InChI is InChI=1S/C13H12N2O/c16-13(12-8-9-14-15-10-12)7-6-11-4-2-1-3-5-11/h1-5,8-10H,6-7H2. The molecular weight excluding hydrogens is 200 g/mol. The number of hydrogen-bond acceptors (Lipinski definition) is 3. The lowest BCUT2D eigenvalue weighted by atomic mass is 10.0. The average molecular weight is 212 g/mol. The Hall–Kier alpha value is -2.03. The summed E-state index contributed by atoms with van der Waals surface area (Å²) in [5, 5.41) is 7.33. The molecule has 0 spiro atoms. The summed E-state index contributed by atoms with van der Waals surface area (Å²) in [6, 6.07) is 11.7. The molecule has 16 heavy (non-hydrogen) atoms. The van der Waals surface area contributed by atoms with Crippen LogP contribution in [0.5, 0.6) is 0 Å². The minimum absolute atomic E-state index is 0.110. The van der Waals surface area contributed by atoms with Gasteiger partial charge in [0.25, 0.3) is 0 Å². The zero-order valence-corrected chi connectivity index (χ0v) is 8.84. The molecule has 80 valence electrons. The summed E-state index contributed by atoms with van der Waals surface area (Å²) in [5.74, 6) is 0.110. The second-order valence-corrected chi connectivity index (χ2v) is 3.54. The summed E-state index contributed by atoms with van der Waals surface area (Å²) in [6.07, 6.45) is 4.32. The van der Waals surface area contributed by atoms with Crippen molar-refractivity contribution in [2.75, 3.05) is 0 Å². The van der Waals surface area contributed by atoms with Gasteiger partial charge in [0.2, 0.25) is 0 Å². The normalized spacial score (nSPS) is 10.0. The van der Waals surface area contributed by atoms with Gasteiger partial charge in [-0.2, -0.15) is 10.2 Å². The third-order valence-electron chi connectivity index (χ3n) is 2.39. The van der Waals surface area contributed by atoms with E-state index in [4.69, 9.17) is 0 Å². The van der Waals surface area contributed by atoms with E-state index in [2.05, 4.69) is 10.2 Å². The number of aryl methyl sites for hydroxylation is 1. The quantitative estimate of drug-likeness (QED) is 0.730. The van der Waals surface area contributed by atoms with Crippen LogP contribution < -0.4 is 0 Å². The summed E-state index contributed by atoms with van der Waals surface area (Å²) < 4.78 is 0. The van der Waals surface area contributed by atoms with E-state index in [1.807, 2.05) is 30.3 Å². The van der Waals surface area contributed by atoms with Crippen LogP contribution in [0.2, 0.25) is 0 Å². The zero-order chi connectivity index (χ0) is 11.2. The number of nitrogens with zero attached hydrogens (tertiary/aromatic N) is 2. The van der Waals surface area contributed by atoms with Crippen LogP contribution in [0.4, 0.5) is 0 Å². The van der Waals surface area contributed by atoms with Crippen LogP contribution in [0.1, 0.15) is 22.3 Å². The molecule has 0 saturated heterocycles. The Morgan fingerprint density at radius 2 is 1.88 bits per heavy atom. The minimum Gasteiger partial charge on any atom is -0.294 e. The number of hydrogen-bond donors (Lipinski definition) is 0. The molecule has 3 nitrogen and oxygen atoms in total. The number of aromatic nitrogens is 2. The van der Waals surface area contributed by atoms with Crippen molar-refractivity contribution in [2.24, 2.45) is 0 Å². The van der Waals surface area contributed by atoms with E-state index in [-0.39, 0.29) is 5.78 Å². The molecule has 2 rings (SSSR count). The van der Waals surface area contributed by atoms with E-state index in [9.17, 15) is 4.79 Å². The highest BCUT2D eigenvalue weighted by molar-refractivity contribution is 5.95. The predicted octanol–water partition coefficient (Wildman–Crippen LogP) is 2.29. The Balaban J connectivity index is 1.95. The van der Waals surface area contributed by atoms with Crippen molar-refractivity contribution in [3.05, 3.63) is 59.9 Å². The van der Waals surface area contributed by atoms with Gasteiger partial charge >= 0.3 is 0 Å². The van der Waals surface area contributed by atoms with Gasteiger partial charge in [-0.1, -0.05) is 30.3 Å². The molecule has 0 fully saturated rings. The van der Waals surface area contributed by atoms with Gasteiger partial charge in [-0.3, -0.25) is 4.79 Å². The van der Waals surface area contributed by atoms with Crippen molar-refractivity contribution >= 4 is 5.78 Å². The van der Waals surface area contributed by atoms with Gasteiger partial charge in [0.15, 0.2) is 5.78 Å². The molecule has 3 heteroatoms. The number of ketones is 1. The monoisotopic (exact) mass is 212 g/mol. The molecule has 1 heterocycles. The number of benzene rings is 1. The van der Waals surface area contributed by atoms with Gasteiger partial charge in [0.05, 0.1) is 12.4 Å². The van der Waals surface area contributed by atoms with Crippen LogP contribution >= 0.6 is 0 Å². The maximum Gasteiger partial charge on any atom is 0.164 e. The number of rotatable bonds is 4. The van der Waals surface area contributed by atoms with Crippen LogP contribution in [0.15, 0.2) is 48.8 Å². The minimum atomic E-state index is 0.110. The van der Waals surface area contributed by atoms with Crippen molar-refractivity contribution in [3.8, 4) is 0 Å². The highest BCUT2D eigenvalue weighted by atomic mass is 16.1. The zero-order valence-electron chi connectivity index (χ0n) is 8.84. The summed E-state index contributed by atoms with van der Waals surface area (Å²) in [6.45, 7) is 0. The summed E-state index contributed by atoms with van der Waals surface area (Å²) in [5.41, 5.74) is 1.81. The van der Waals surface area contributed by atoms with Gasteiger partial charge in [-0.05, 0) is 18.1 Å². The molecule has 0 radical (unpaired) electrons. The summed E-state index contributed by atoms with van der Waals surface area (Å²) >= 11 is 0. The smallest absolute Gasteiger partial charge is 0.164 e. The average Bonchev–Trinajstić information content (AvgIpc) is 2.38. The maximum absolute atomic E-state index is 11.8. The van der Waals surface area contributed by atoms with Crippen molar-refractivity contribution in [1.29, 1.82) is 0 Å². The lowest BCUT2D eigenvalue weighted by molar-refractivity contribution is 0.0982. The third-order valence-corrected chi connectivity index (χ3v) is 2.39. The Morgan fingerprint density at radius 1 is 1.06 bits per heavy atom. The molecule has 0 bridgehead atoms. The fraction of sp³-hybridized carbons (Fsp3) is 0.154. The molecule has 0 saturated carbocycles. The van der Waals surface area contributed by atoms with E-state index in [0.29, 0.717) is 12.0 Å². The van der Waals surface area contributed by atoms with E-state index in [1.165, 1.54) is 18.0 Å². The Bertz CT molecular complexity index is 454. The molecule has 0 N–H and O–H groups in total. The first-order valence-corrected chi connectivity index (χ1v) is 5.20. The fourth-order valence-electron chi connectivity index (χ4n) is 1.50. The number of Topliss-reactive ketones (excluding diaryl/α,β-unsaturated/α-hetero) is 1. The van der Waals surface area contributed by atoms with Crippen LogP contribution in [0, 0.1) is 0 Å². The van der Waals surface area contributed by atoms with Crippen LogP contribution in [-0.2, 0) is 6.42 Å². The lowest BCUT2D eigenvalue weighted by Gasteiger charge is -2.00. The largest absolute Gasteiger partial charge is 0.294 e. The van der Waals surface area contributed by atoms with Crippen molar-refractivity contribution < 1.29 is 4.79 Å². The van der Waals surface area contributed by atoms with E-state index in [0.717, 1.165) is 6.42 Å². The molecule has 1 aromatic carbocycles. The Morgan fingerprint density at radius 3 is 2.56 bits per heavy atom. The molecule has 0 aliphatic heterocycles. The van der Waals surface area contributed by atoms with Gasteiger partial charge in [0, 0.05) is 12.0 Å². The molecule has 0 amide bonds. The molecule has 1 aromatic heterocycles. The van der Waals surface area contributed by atoms with E-state index >= 15 is 0 Å². The highest BCUT2D eigenvalue weighted by Crippen LogP contribution is 2.06. The first-order chi connectivity index (χ1) is 7.86. The van der Waals surface area contributed by atoms with Crippen LogP contribution in [0.25, 0.3) is 0 Å². The molecule has 0 unspecified atom stereocenters. The third kappa shape index (κ3) is 2.73. The van der Waals surface area contributed by atoms with Gasteiger partial charge in [-0.15, -0.1) is 0 Å². The van der Waals surface area contributed by atoms with Crippen LogP contribution in [-0.4, -0.2) is 16.0 Å². The second-order valence-electron chi connectivity index (χ2n) is 3.54. The van der Waals surface area contributed by atoms with Gasteiger partial charge in [0.1, 0.15) is 0 Å². The summed E-state index contributed by atoms with van der Waals surface area (Å²) in [4.78, 5) is 11.8. The maximum atomic E-state index is 11.8. The Labute approximate surface area is 94.2 Å². The molecule has 0 atom stereocenters. The van der Waals surface area contributed by atoms with Crippen LogP contribution in [0.3, 0.4) is 0 Å². The Kier molecular flexibility index (Phi) is 3.38. The molecular formula is C13H12N2O. The second kappa shape index (κ2) is 5.16. The lowest BCUT2D eigenvalue weighted by Crippen LogP contribution is -2.02.